The predicted octanol–water partition coefficient (Wildman–Crippen LogP) is 2.67. The second-order valence-electron chi connectivity index (χ2n) is 7.27. The first-order valence-electron chi connectivity index (χ1n) is 8.80. The number of aromatic nitrogens is 3. The first-order valence-corrected chi connectivity index (χ1v) is 8.80. The fourth-order valence-corrected chi connectivity index (χ4v) is 3.73. The molecule has 6 heteroatoms. The van der Waals surface area contributed by atoms with Gasteiger partial charge in [-0.1, -0.05) is 49.4 Å². The monoisotopic (exact) mass is 360 g/mol. The van der Waals surface area contributed by atoms with Crippen LogP contribution in [0.4, 0.5) is 5.69 Å². The Hall–Kier alpha value is -3.28. The summed E-state index contributed by atoms with van der Waals surface area (Å²) in [5.41, 5.74) is 3.08. The van der Waals surface area contributed by atoms with E-state index in [4.69, 9.17) is 0 Å². The molecule has 1 aromatic heterocycles. The van der Waals surface area contributed by atoms with E-state index in [2.05, 4.69) is 30.2 Å². The number of anilines is 1. The molecule has 136 valence electrons. The number of likely N-dealkylation sites (N-methyl/N-ethyl adjacent to an activating group) is 1. The highest BCUT2D eigenvalue weighted by Gasteiger charge is 2.38. The Morgan fingerprint density at radius 1 is 1.11 bits per heavy atom. The molecule has 2 aromatic carbocycles. The fraction of sp³-hybridized carbons (Fsp3) is 0.238. The minimum atomic E-state index is -0.310. The first-order chi connectivity index (χ1) is 12.9. The zero-order valence-corrected chi connectivity index (χ0v) is 15.5. The number of para-hydroxylation sites is 1. The van der Waals surface area contributed by atoms with Gasteiger partial charge >= 0.3 is 0 Å². The van der Waals surface area contributed by atoms with Gasteiger partial charge in [0.05, 0.1) is 5.39 Å². The lowest BCUT2D eigenvalue weighted by Crippen LogP contribution is -2.29. The number of ketones is 1. The van der Waals surface area contributed by atoms with E-state index in [-0.39, 0.29) is 23.3 Å². The van der Waals surface area contributed by atoms with E-state index >= 15 is 0 Å². The van der Waals surface area contributed by atoms with Crippen LogP contribution in [0.1, 0.15) is 19.4 Å². The van der Waals surface area contributed by atoms with E-state index in [1.54, 1.807) is 30.3 Å². The Kier molecular flexibility index (Phi) is 3.91. The van der Waals surface area contributed by atoms with Gasteiger partial charge in [0.1, 0.15) is 12.1 Å². The highest BCUT2D eigenvalue weighted by Crippen LogP contribution is 2.46. The van der Waals surface area contributed by atoms with Gasteiger partial charge in [0, 0.05) is 29.9 Å². The van der Waals surface area contributed by atoms with Crippen molar-refractivity contribution >= 4 is 22.4 Å². The maximum atomic E-state index is 12.7. The van der Waals surface area contributed by atoms with Crippen LogP contribution in [0.15, 0.2) is 65.1 Å². The number of benzene rings is 2. The fourth-order valence-electron chi connectivity index (χ4n) is 3.73. The molecule has 4 rings (SSSR count). The number of carbonyl (C=O) groups excluding carboxylic acids is 1. The largest absolute Gasteiger partial charge is 0.347 e. The average Bonchev–Trinajstić information content (AvgIpc) is 2.85. The summed E-state index contributed by atoms with van der Waals surface area (Å²) >= 11 is 0. The minimum absolute atomic E-state index is 0.138. The SMILES string of the molecule is CN1/C(=C\C(=O)Cn2nnc3ccccc3c2=O)C(C)(C)c2ccccc21. The molecule has 2 heterocycles. The second-order valence-corrected chi connectivity index (χ2v) is 7.27. The third-order valence-electron chi connectivity index (χ3n) is 5.17. The van der Waals surface area contributed by atoms with Crippen molar-refractivity contribution in [3.8, 4) is 0 Å². The summed E-state index contributed by atoms with van der Waals surface area (Å²) in [6.07, 6.45) is 1.61. The Morgan fingerprint density at radius 3 is 2.59 bits per heavy atom. The van der Waals surface area contributed by atoms with Gasteiger partial charge in [-0.05, 0) is 23.8 Å². The molecular weight excluding hydrogens is 340 g/mol. The number of hydrogen-bond donors (Lipinski definition) is 0. The highest BCUT2D eigenvalue weighted by atomic mass is 16.1. The minimum Gasteiger partial charge on any atom is -0.347 e. The molecular formula is C21H20N4O2. The van der Waals surface area contributed by atoms with E-state index in [1.807, 2.05) is 30.1 Å². The summed E-state index contributed by atoms with van der Waals surface area (Å²) in [7, 11) is 1.95. The molecule has 1 aliphatic rings. The molecule has 0 unspecified atom stereocenters. The molecule has 0 saturated carbocycles. The highest BCUT2D eigenvalue weighted by molar-refractivity contribution is 5.92. The molecule has 27 heavy (non-hydrogen) atoms. The van der Waals surface area contributed by atoms with Crippen molar-refractivity contribution in [1.29, 1.82) is 0 Å². The molecule has 0 fully saturated rings. The van der Waals surface area contributed by atoms with Crippen molar-refractivity contribution in [3.05, 3.63) is 76.2 Å². The number of fused-ring (bicyclic) bond motifs is 2. The standard InChI is InChI=1S/C21H20N4O2/c1-21(2)16-9-5-7-11-18(16)24(3)19(21)12-14(26)13-25-20(27)15-8-4-6-10-17(15)22-23-25/h4-12H,13H2,1-3H3/b19-12-. The van der Waals surface area contributed by atoms with Crippen molar-refractivity contribution in [2.24, 2.45) is 0 Å². The van der Waals surface area contributed by atoms with Gasteiger partial charge in [0.15, 0.2) is 5.78 Å². The summed E-state index contributed by atoms with van der Waals surface area (Å²) in [4.78, 5) is 27.3. The smallest absolute Gasteiger partial charge is 0.278 e. The number of carbonyl (C=O) groups is 1. The van der Waals surface area contributed by atoms with Crippen molar-refractivity contribution < 1.29 is 4.79 Å². The van der Waals surface area contributed by atoms with Crippen molar-refractivity contribution in [2.75, 3.05) is 11.9 Å². The van der Waals surface area contributed by atoms with Crippen molar-refractivity contribution in [1.82, 2.24) is 15.0 Å². The molecule has 0 N–H and O–H groups in total. The molecule has 0 atom stereocenters. The van der Waals surface area contributed by atoms with Crippen LogP contribution in [0.25, 0.3) is 10.9 Å². The van der Waals surface area contributed by atoms with E-state index < -0.39 is 0 Å². The van der Waals surface area contributed by atoms with Gasteiger partial charge in [-0.2, -0.15) is 0 Å². The zero-order chi connectivity index (χ0) is 19.2. The van der Waals surface area contributed by atoms with Crippen LogP contribution in [0.3, 0.4) is 0 Å². The summed E-state index contributed by atoms with van der Waals surface area (Å²) in [5, 5.41) is 8.40. The molecule has 6 nitrogen and oxygen atoms in total. The van der Waals surface area contributed by atoms with Gasteiger partial charge in [0.2, 0.25) is 0 Å². The maximum absolute atomic E-state index is 12.7. The lowest BCUT2D eigenvalue weighted by atomic mass is 9.83. The van der Waals surface area contributed by atoms with Crippen LogP contribution in [0.5, 0.6) is 0 Å². The third-order valence-corrected chi connectivity index (χ3v) is 5.17. The van der Waals surface area contributed by atoms with E-state index in [0.29, 0.717) is 10.9 Å². The van der Waals surface area contributed by atoms with E-state index in [1.165, 1.54) is 5.56 Å². The van der Waals surface area contributed by atoms with Crippen molar-refractivity contribution in [2.45, 2.75) is 25.8 Å². The molecule has 0 amide bonds. The third kappa shape index (κ3) is 2.73. The van der Waals surface area contributed by atoms with Gasteiger partial charge in [0.25, 0.3) is 5.56 Å². The van der Waals surface area contributed by atoms with Crippen LogP contribution in [0.2, 0.25) is 0 Å². The Balaban J connectivity index is 1.67. The molecule has 0 spiro atoms. The number of nitrogens with zero attached hydrogens (tertiary/aromatic N) is 4. The van der Waals surface area contributed by atoms with Gasteiger partial charge < -0.3 is 4.90 Å². The lowest BCUT2D eigenvalue weighted by molar-refractivity contribution is -0.115. The van der Waals surface area contributed by atoms with E-state index in [0.717, 1.165) is 16.1 Å². The van der Waals surface area contributed by atoms with Crippen molar-refractivity contribution in [3.63, 3.8) is 0 Å². The summed E-state index contributed by atoms with van der Waals surface area (Å²) in [6, 6.07) is 15.1. The Bertz CT molecular complexity index is 1140. The lowest BCUT2D eigenvalue weighted by Gasteiger charge is -2.23. The molecule has 0 radical (unpaired) electrons. The normalized spacial score (nSPS) is 16.7. The number of rotatable bonds is 3. The van der Waals surface area contributed by atoms with Crippen LogP contribution >= 0.6 is 0 Å². The predicted molar refractivity (Wildman–Crippen MR) is 105 cm³/mol. The molecule has 0 aliphatic carbocycles. The van der Waals surface area contributed by atoms with E-state index in [9.17, 15) is 9.59 Å². The quantitative estimate of drug-likeness (QED) is 0.672. The van der Waals surface area contributed by atoms with Gasteiger partial charge in [-0.3, -0.25) is 9.59 Å². The zero-order valence-electron chi connectivity index (χ0n) is 15.5. The van der Waals surface area contributed by atoms with Crippen LogP contribution in [0, 0.1) is 0 Å². The number of allylic oxidation sites excluding steroid dienone is 2. The Morgan fingerprint density at radius 2 is 1.81 bits per heavy atom. The van der Waals surface area contributed by atoms with Crippen LogP contribution < -0.4 is 10.5 Å². The van der Waals surface area contributed by atoms with Gasteiger partial charge in [-0.25, -0.2) is 4.68 Å². The first kappa shape index (κ1) is 17.1. The Labute approximate surface area is 156 Å². The molecule has 3 aromatic rings. The van der Waals surface area contributed by atoms with Crippen LogP contribution in [-0.2, 0) is 16.8 Å². The van der Waals surface area contributed by atoms with Crippen LogP contribution in [-0.4, -0.2) is 27.8 Å². The second kappa shape index (κ2) is 6.16. The number of hydrogen-bond acceptors (Lipinski definition) is 5. The maximum Gasteiger partial charge on any atom is 0.278 e. The molecule has 1 aliphatic heterocycles. The molecule has 0 saturated heterocycles. The topological polar surface area (TPSA) is 68.1 Å². The summed E-state index contributed by atoms with van der Waals surface area (Å²) in [5.74, 6) is -0.190. The average molecular weight is 360 g/mol. The molecule has 0 bridgehead atoms. The van der Waals surface area contributed by atoms with Gasteiger partial charge in [-0.15, -0.1) is 5.10 Å². The summed E-state index contributed by atoms with van der Waals surface area (Å²) < 4.78 is 1.12. The summed E-state index contributed by atoms with van der Waals surface area (Å²) in [6.45, 7) is 4.05.